The molecule has 3 nitrogen and oxygen atoms in total. The first kappa shape index (κ1) is 8.26. The van der Waals surface area contributed by atoms with Crippen molar-refractivity contribution in [3.8, 4) is 0 Å². The molecule has 0 aromatic carbocycles. The van der Waals surface area contributed by atoms with Crippen LogP contribution in [0.25, 0.3) is 0 Å². The average Bonchev–Trinajstić information content (AvgIpc) is 2.05. The van der Waals surface area contributed by atoms with Gasteiger partial charge in [-0.1, -0.05) is 0 Å². The molecule has 0 aromatic rings. The van der Waals surface area contributed by atoms with E-state index in [1.54, 1.807) is 0 Å². The van der Waals surface area contributed by atoms with E-state index in [1.165, 1.54) is 0 Å². The Morgan fingerprint density at radius 1 is 1.50 bits per heavy atom. The molecule has 1 aliphatic heterocycles. The van der Waals surface area contributed by atoms with Crippen LogP contribution in [0.3, 0.4) is 0 Å². The van der Waals surface area contributed by atoms with Gasteiger partial charge >= 0.3 is 71.5 Å². The number of hydrogen-bond acceptors (Lipinski definition) is 3. The summed E-state index contributed by atoms with van der Waals surface area (Å²) in [7, 11) is 0. The van der Waals surface area contributed by atoms with Gasteiger partial charge in [0.1, 0.15) is 0 Å². The molecule has 1 rings (SSSR count). The van der Waals surface area contributed by atoms with E-state index < -0.39 is 0 Å². The van der Waals surface area contributed by atoms with E-state index in [4.69, 9.17) is 5.21 Å². The van der Waals surface area contributed by atoms with Crippen molar-refractivity contribution in [1.29, 1.82) is 0 Å². The molecule has 0 atom stereocenters. The number of oxime groups is 1. The van der Waals surface area contributed by atoms with Crippen molar-refractivity contribution in [2.75, 3.05) is 18.0 Å². The topological polar surface area (TPSA) is 35.8 Å². The molecule has 0 bridgehead atoms. The minimum absolute atomic E-state index is 0.258. The minimum atomic E-state index is 0.258. The SMILES string of the molecule is C[I-]N1CCC(=NO)CC1. The summed E-state index contributed by atoms with van der Waals surface area (Å²) in [6.45, 7) is 2.20. The van der Waals surface area contributed by atoms with E-state index in [0.29, 0.717) is 0 Å². The zero-order valence-corrected chi connectivity index (χ0v) is 8.21. The first-order valence-electron chi connectivity index (χ1n) is 3.31. The fourth-order valence-electron chi connectivity index (χ4n) is 1.01. The Kier molecular flexibility index (Phi) is 3.41. The molecule has 0 spiro atoms. The average molecular weight is 255 g/mol. The summed E-state index contributed by atoms with van der Waals surface area (Å²) < 4.78 is 2.47. The van der Waals surface area contributed by atoms with Gasteiger partial charge in [-0.25, -0.2) is 0 Å². The molecule has 1 heterocycles. The Morgan fingerprint density at radius 3 is 2.50 bits per heavy atom. The van der Waals surface area contributed by atoms with Crippen molar-refractivity contribution in [2.45, 2.75) is 12.8 Å². The molecule has 0 amide bonds. The normalized spacial score (nSPS) is 21.5. The molecule has 1 fully saturated rings. The Labute approximate surface area is 71.7 Å². The summed E-state index contributed by atoms with van der Waals surface area (Å²) in [4.78, 5) is 2.26. The van der Waals surface area contributed by atoms with E-state index in [2.05, 4.69) is 13.2 Å². The maximum atomic E-state index is 8.43. The van der Waals surface area contributed by atoms with Crippen LogP contribution in [0.4, 0.5) is 0 Å². The number of halogens is 1. The summed E-state index contributed by atoms with van der Waals surface area (Å²) in [5.41, 5.74) is 0.966. The van der Waals surface area contributed by atoms with Crippen molar-refractivity contribution in [3.05, 3.63) is 0 Å². The molecule has 4 heteroatoms. The number of rotatable bonds is 1. The Hall–Kier alpha value is 0.160. The van der Waals surface area contributed by atoms with Gasteiger partial charge in [-0.3, -0.25) is 0 Å². The Morgan fingerprint density at radius 2 is 2.10 bits per heavy atom. The first-order valence-corrected chi connectivity index (χ1v) is 6.43. The summed E-state index contributed by atoms with van der Waals surface area (Å²) in [5.74, 6) is 0. The van der Waals surface area contributed by atoms with Crippen LogP contribution in [-0.4, -0.2) is 32.1 Å². The van der Waals surface area contributed by atoms with Crippen LogP contribution >= 0.6 is 0 Å². The monoisotopic (exact) mass is 255 g/mol. The van der Waals surface area contributed by atoms with E-state index in [9.17, 15) is 0 Å². The summed E-state index contributed by atoms with van der Waals surface area (Å²) in [6.07, 6.45) is 1.92. The van der Waals surface area contributed by atoms with Crippen LogP contribution < -0.4 is 21.5 Å². The van der Waals surface area contributed by atoms with Gasteiger partial charge in [0.25, 0.3) is 0 Å². The van der Waals surface area contributed by atoms with Crippen LogP contribution in [0.15, 0.2) is 5.16 Å². The van der Waals surface area contributed by atoms with Crippen LogP contribution in [0.2, 0.25) is 0 Å². The standard InChI is InChI=1S/C6H12IN2O/c1-7-9-4-2-6(8-10)3-5-9/h10H,2-5H2,1H3/q-1. The third-order valence-electron chi connectivity index (χ3n) is 1.67. The second-order valence-electron chi connectivity index (χ2n) is 2.25. The fourth-order valence-corrected chi connectivity index (χ4v) is 2.45. The van der Waals surface area contributed by atoms with Crippen molar-refractivity contribution < 1.29 is 26.7 Å². The van der Waals surface area contributed by atoms with E-state index in [-0.39, 0.29) is 21.5 Å². The molecule has 10 heavy (non-hydrogen) atoms. The Bertz CT molecular complexity index is 128. The predicted octanol–water partition coefficient (Wildman–Crippen LogP) is -2.45. The van der Waals surface area contributed by atoms with Crippen molar-refractivity contribution in [1.82, 2.24) is 3.11 Å². The third kappa shape index (κ3) is 2.09. The van der Waals surface area contributed by atoms with Gasteiger partial charge in [-0.15, -0.1) is 0 Å². The molecule has 1 saturated heterocycles. The van der Waals surface area contributed by atoms with E-state index >= 15 is 0 Å². The van der Waals surface area contributed by atoms with Crippen molar-refractivity contribution in [3.63, 3.8) is 0 Å². The molecular formula is C6H12IN2O-. The van der Waals surface area contributed by atoms with Crippen LogP contribution in [0.5, 0.6) is 0 Å². The molecule has 0 aliphatic carbocycles. The molecule has 1 N–H and O–H groups in total. The van der Waals surface area contributed by atoms with E-state index in [0.717, 1.165) is 31.6 Å². The van der Waals surface area contributed by atoms with Crippen LogP contribution in [0.1, 0.15) is 12.8 Å². The van der Waals surface area contributed by atoms with E-state index in [1.807, 2.05) is 0 Å². The summed E-state index contributed by atoms with van der Waals surface area (Å²) in [5, 5.41) is 11.6. The second-order valence-corrected chi connectivity index (χ2v) is 4.57. The predicted molar refractivity (Wildman–Crippen MR) is 36.0 cm³/mol. The van der Waals surface area contributed by atoms with Crippen LogP contribution in [-0.2, 0) is 0 Å². The van der Waals surface area contributed by atoms with Crippen LogP contribution in [0, 0.1) is 0 Å². The van der Waals surface area contributed by atoms with Gasteiger partial charge in [0.05, 0.1) is 0 Å². The quantitative estimate of drug-likeness (QED) is 0.185. The molecule has 1 aliphatic rings. The molecule has 60 valence electrons. The third-order valence-corrected chi connectivity index (χ3v) is 4.00. The number of nitrogens with zero attached hydrogens (tertiary/aromatic N) is 2. The fraction of sp³-hybridized carbons (Fsp3) is 0.833. The number of alkyl halides is 1. The van der Waals surface area contributed by atoms with Crippen molar-refractivity contribution in [2.24, 2.45) is 5.16 Å². The number of hydrogen-bond donors (Lipinski definition) is 1. The summed E-state index contributed by atoms with van der Waals surface area (Å²) in [6, 6.07) is 0. The molecular weight excluding hydrogens is 243 g/mol. The summed E-state index contributed by atoms with van der Waals surface area (Å²) >= 11 is 0.258. The Balaban J connectivity index is 2.31. The molecule has 0 aromatic heterocycles. The van der Waals surface area contributed by atoms with Gasteiger partial charge in [0, 0.05) is 0 Å². The van der Waals surface area contributed by atoms with Gasteiger partial charge < -0.3 is 0 Å². The first-order chi connectivity index (χ1) is 4.86. The molecule has 0 saturated carbocycles. The molecule has 0 unspecified atom stereocenters. The molecule has 0 radical (unpaired) electrons. The van der Waals surface area contributed by atoms with Gasteiger partial charge in [-0.05, 0) is 0 Å². The zero-order chi connectivity index (χ0) is 7.40. The maximum absolute atomic E-state index is 8.43. The number of piperidine rings is 1. The van der Waals surface area contributed by atoms with Gasteiger partial charge in [-0.2, -0.15) is 0 Å². The zero-order valence-electron chi connectivity index (χ0n) is 6.05. The second kappa shape index (κ2) is 4.12. The van der Waals surface area contributed by atoms with Gasteiger partial charge in [0.15, 0.2) is 0 Å². The van der Waals surface area contributed by atoms with Crippen molar-refractivity contribution >= 4 is 5.71 Å². The van der Waals surface area contributed by atoms with Gasteiger partial charge in [0.2, 0.25) is 0 Å².